The van der Waals surface area contributed by atoms with Crippen molar-refractivity contribution in [2.75, 3.05) is 19.6 Å². The fourth-order valence-corrected chi connectivity index (χ4v) is 2.50. The van der Waals surface area contributed by atoms with Crippen molar-refractivity contribution in [2.45, 2.75) is 64.6 Å². The maximum absolute atomic E-state index is 5.98. The van der Waals surface area contributed by atoms with E-state index in [0.29, 0.717) is 12.1 Å². The first-order chi connectivity index (χ1) is 7.53. The van der Waals surface area contributed by atoms with Crippen molar-refractivity contribution in [2.24, 2.45) is 5.73 Å². The largest absolute Gasteiger partial charge is 0.329 e. The van der Waals surface area contributed by atoms with Gasteiger partial charge in [0, 0.05) is 37.3 Å². The van der Waals surface area contributed by atoms with Crippen molar-refractivity contribution in [1.29, 1.82) is 0 Å². The third-order valence-electron chi connectivity index (χ3n) is 4.04. The quantitative estimate of drug-likeness (QED) is 0.749. The average Bonchev–Trinajstić information content (AvgIpc) is 2.29. The maximum atomic E-state index is 5.98. The molecule has 0 bridgehead atoms. The molecule has 16 heavy (non-hydrogen) atoms. The van der Waals surface area contributed by atoms with Crippen molar-refractivity contribution in [3.05, 3.63) is 0 Å². The van der Waals surface area contributed by atoms with Gasteiger partial charge in [-0.1, -0.05) is 6.92 Å². The summed E-state index contributed by atoms with van der Waals surface area (Å²) in [5, 5.41) is 3.74. The fourth-order valence-electron chi connectivity index (χ4n) is 2.50. The lowest BCUT2D eigenvalue weighted by molar-refractivity contribution is 0.107. The molecule has 96 valence electrons. The minimum Gasteiger partial charge on any atom is -0.329 e. The monoisotopic (exact) mass is 227 g/mol. The van der Waals surface area contributed by atoms with Gasteiger partial charge in [0.05, 0.1) is 0 Å². The average molecular weight is 227 g/mol. The number of hydrogen-bond donors (Lipinski definition) is 2. The highest BCUT2D eigenvalue weighted by molar-refractivity contribution is 4.96. The molecule has 0 amide bonds. The second kappa shape index (κ2) is 5.99. The molecule has 1 unspecified atom stereocenters. The predicted molar refractivity (Wildman–Crippen MR) is 70.6 cm³/mol. The molecule has 0 aromatic rings. The van der Waals surface area contributed by atoms with E-state index < -0.39 is 0 Å². The van der Waals surface area contributed by atoms with Gasteiger partial charge in [-0.2, -0.15) is 0 Å². The first-order valence-corrected chi connectivity index (χ1v) is 6.75. The number of rotatable bonds is 5. The Labute approximate surface area is 101 Å². The Hall–Kier alpha value is -0.120. The minimum absolute atomic E-state index is 0.195. The van der Waals surface area contributed by atoms with Crippen LogP contribution in [0.4, 0.5) is 0 Å². The van der Waals surface area contributed by atoms with Crippen molar-refractivity contribution >= 4 is 0 Å². The number of nitrogens with zero attached hydrogens (tertiary/aromatic N) is 1. The van der Waals surface area contributed by atoms with E-state index in [0.717, 1.165) is 6.54 Å². The normalized spacial score (nSPS) is 23.6. The summed E-state index contributed by atoms with van der Waals surface area (Å²) < 4.78 is 0. The smallest absolute Gasteiger partial charge is 0.0330 e. The summed E-state index contributed by atoms with van der Waals surface area (Å²) in [4.78, 5) is 2.55. The summed E-state index contributed by atoms with van der Waals surface area (Å²) in [5.74, 6) is 0. The number of hydrogen-bond acceptors (Lipinski definition) is 3. The van der Waals surface area contributed by atoms with Crippen LogP contribution in [-0.2, 0) is 0 Å². The van der Waals surface area contributed by atoms with Crippen LogP contribution in [0.25, 0.3) is 0 Å². The van der Waals surface area contributed by atoms with E-state index in [4.69, 9.17) is 5.73 Å². The Morgan fingerprint density at radius 1 is 1.25 bits per heavy atom. The number of likely N-dealkylation sites (tertiary alicyclic amines) is 1. The molecule has 0 radical (unpaired) electrons. The molecule has 0 aliphatic carbocycles. The standard InChI is InChI=1S/C13H29N3/c1-5-12(4)15-13(10-14)6-8-16(9-7-13)11(2)3/h11-12,15H,5-10,14H2,1-4H3. The molecule has 1 aliphatic heterocycles. The van der Waals surface area contributed by atoms with Crippen molar-refractivity contribution in [1.82, 2.24) is 10.2 Å². The summed E-state index contributed by atoms with van der Waals surface area (Å²) in [7, 11) is 0. The van der Waals surface area contributed by atoms with Gasteiger partial charge in [-0.05, 0) is 40.0 Å². The first kappa shape index (κ1) is 13.9. The van der Waals surface area contributed by atoms with Crippen molar-refractivity contribution in [3.63, 3.8) is 0 Å². The predicted octanol–water partition coefficient (Wildman–Crippen LogP) is 1.58. The van der Waals surface area contributed by atoms with Crippen LogP contribution in [0.2, 0.25) is 0 Å². The zero-order valence-corrected chi connectivity index (χ0v) is 11.4. The molecule has 0 aromatic heterocycles. The first-order valence-electron chi connectivity index (χ1n) is 6.75. The van der Waals surface area contributed by atoms with Gasteiger partial charge in [0.2, 0.25) is 0 Å². The van der Waals surface area contributed by atoms with E-state index in [9.17, 15) is 0 Å². The molecule has 3 N–H and O–H groups in total. The summed E-state index contributed by atoms with van der Waals surface area (Å²) in [6.07, 6.45) is 3.55. The van der Waals surface area contributed by atoms with Crippen LogP contribution in [0.5, 0.6) is 0 Å². The number of piperidine rings is 1. The highest BCUT2D eigenvalue weighted by atomic mass is 15.2. The van der Waals surface area contributed by atoms with Gasteiger partial charge in [-0.15, -0.1) is 0 Å². The van der Waals surface area contributed by atoms with E-state index in [-0.39, 0.29) is 5.54 Å². The van der Waals surface area contributed by atoms with E-state index >= 15 is 0 Å². The topological polar surface area (TPSA) is 41.3 Å². The van der Waals surface area contributed by atoms with Crippen LogP contribution in [0, 0.1) is 0 Å². The molecular formula is C13H29N3. The molecule has 1 heterocycles. The Kier molecular flexibility index (Phi) is 5.22. The highest BCUT2D eigenvalue weighted by Crippen LogP contribution is 2.23. The van der Waals surface area contributed by atoms with Crippen LogP contribution in [0.15, 0.2) is 0 Å². The fraction of sp³-hybridized carbons (Fsp3) is 1.00. The van der Waals surface area contributed by atoms with Gasteiger partial charge in [0.15, 0.2) is 0 Å². The van der Waals surface area contributed by atoms with E-state index in [1.807, 2.05) is 0 Å². The molecule has 0 spiro atoms. The van der Waals surface area contributed by atoms with Gasteiger partial charge < -0.3 is 16.0 Å². The maximum Gasteiger partial charge on any atom is 0.0330 e. The summed E-state index contributed by atoms with van der Waals surface area (Å²) in [6, 6.07) is 1.24. The number of nitrogens with two attached hydrogens (primary N) is 1. The molecule has 1 aliphatic rings. The molecule has 1 rings (SSSR count). The van der Waals surface area contributed by atoms with Gasteiger partial charge >= 0.3 is 0 Å². The molecule has 1 fully saturated rings. The third-order valence-corrected chi connectivity index (χ3v) is 4.04. The summed E-state index contributed by atoms with van der Waals surface area (Å²) in [6.45, 7) is 12.2. The van der Waals surface area contributed by atoms with Crippen LogP contribution >= 0.6 is 0 Å². The Morgan fingerprint density at radius 2 is 1.81 bits per heavy atom. The molecule has 1 saturated heterocycles. The Morgan fingerprint density at radius 3 is 2.19 bits per heavy atom. The van der Waals surface area contributed by atoms with Gasteiger partial charge in [0.25, 0.3) is 0 Å². The SMILES string of the molecule is CCC(C)NC1(CN)CCN(C(C)C)CC1. The van der Waals surface area contributed by atoms with Crippen LogP contribution < -0.4 is 11.1 Å². The van der Waals surface area contributed by atoms with Crippen LogP contribution in [-0.4, -0.2) is 42.2 Å². The second-order valence-electron chi connectivity index (χ2n) is 5.57. The van der Waals surface area contributed by atoms with E-state index in [2.05, 4.69) is 37.9 Å². The lowest BCUT2D eigenvalue weighted by Gasteiger charge is -2.44. The Bertz CT molecular complexity index is 195. The zero-order valence-electron chi connectivity index (χ0n) is 11.4. The minimum atomic E-state index is 0.195. The lowest BCUT2D eigenvalue weighted by Crippen LogP contribution is -2.60. The summed E-state index contributed by atoms with van der Waals surface area (Å²) in [5.41, 5.74) is 6.18. The van der Waals surface area contributed by atoms with Crippen LogP contribution in [0.3, 0.4) is 0 Å². The molecule has 0 aromatic carbocycles. The van der Waals surface area contributed by atoms with E-state index in [1.165, 1.54) is 32.4 Å². The van der Waals surface area contributed by atoms with Gasteiger partial charge in [-0.3, -0.25) is 0 Å². The number of nitrogens with one attached hydrogen (secondary N) is 1. The molecule has 0 saturated carbocycles. The zero-order chi connectivity index (χ0) is 12.2. The Balaban J connectivity index is 2.51. The van der Waals surface area contributed by atoms with Gasteiger partial charge in [-0.25, -0.2) is 0 Å². The third kappa shape index (κ3) is 3.44. The van der Waals surface area contributed by atoms with E-state index in [1.54, 1.807) is 0 Å². The van der Waals surface area contributed by atoms with Gasteiger partial charge in [0.1, 0.15) is 0 Å². The molecular weight excluding hydrogens is 198 g/mol. The van der Waals surface area contributed by atoms with Crippen molar-refractivity contribution in [3.8, 4) is 0 Å². The summed E-state index contributed by atoms with van der Waals surface area (Å²) >= 11 is 0. The second-order valence-corrected chi connectivity index (χ2v) is 5.57. The van der Waals surface area contributed by atoms with Crippen LogP contribution in [0.1, 0.15) is 47.0 Å². The lowest BCUT2D eigenvalue weighted by atomic mass is 9.86. The molecule has 3 nitrogen and oxygen atoms in total. The molecule has 1 atom stereocenters. The van der Waals surface area contributed by atoms with Crippen molar-refractivity contribution < 1.29 is 0 Å². The molecule has 3 heteroatoms. The highest BCUT2D eigenvalue weighted by Gasteiger charge is 2.34.